The van der Waals surface area contributed by atoms with Crippen LogP contribution in [0.5, 0.6) is 0 Å². The molecule has 0 aromatic rings. The normalized spacial score (nSPS) is 13.4. The fourth-order valence-corrected chi connectivity index (χ4v) is 1.45. The summed E-state index contributed by atoms with van der Waals surface area (Å²) in [6.45, 7) is 1.58. The zero-order valence-electron chi connectivity index (χ0n) is 11.0. The van der Waals surface area contributed by atoms with Gasteiger partial charge in [-0.15, -0.1) is 0 Å². The molecule has 0 aliphatic rings. The highest BCUT2D eigenvalue weighted by molar-refractivity contribution is 5.82. The maximum absolute atomic E-state index is 11.6. The Hall–Kier alpha value is -1.83. The Balaban J connectivity index is 4.29. The van der Waals surface area contributed by atoms with Crippen LogP contribution < -0.4 is 5.32 Å². The average Bonchev–Trinajstić information content (AvgIpc) is 2.25. The fourth-order valence-electron chi connectivity index (χ4n) is 1.45. The molecule has 0 aromatic heterocycles. The van der Waals surface area contributed by atoms with E-state index in [9.17, 15) is 14.4 Å². The second-order valence-corrected chi connectivity index (χ2v) is 4.36. The summed E-state index contributed by atoms with van der Waals surface area (Å²) in [5, 5.41) is 28.8. The highest BCUT2D eigenvalue weighted by atomic mass is 16.4. The Labute approximate surface area is 111 Å². The monoisotopic (exact) mass is 276 g/mol. The van der Waals surface area contributed by atoms with E-state index in [-0.39, 0.29) is 25.8 Å². The minimum atomic E-state index is -1.22. The van der Waals surface area contributed by atoms with Crippen molar-refractivity contribution in [2.45, 2.75) is 38.3 Å². The zero-order valence-corrected chi connectivity index (χ0v) is 11.0. The lowest BCUT2D eigenvalue weighted by molar-refractivity contribution is -0.140. The summed E-state index contributed by atoms with van der Waals surface area (Å²) >= 11 is 0. The van der Waals surface area contributed by atoms with Gasteiger partial charge in [-0.05, 0) is 19.8 Å². The van der Waals surface area contributed by atoms with Gasteiger partial charge in [-0.2, -0.15) is 0 Å². The molecule has 2 atom stereocenters. The first-order valence-electron chi connectivity index (χ1n) is 5.88. The number of urea groups is 1. The van der Waals surface area contributed by atoms with Crippen molar-refractivity contribution in [2.75, 3.05) is 13.6 Å². The van der Waals surface area contributed by atoms with Crippen LogP contribution in [0.2, 0.25) is 0 Å². The molecule has 0 aromatic carbocycles. The number of carboxylic acid groups (broad SMARTS) is 2. The molecule has 0 aliphatic heterocycles. The Morgan fingerprint density at radius 1 is 1.26 bits per heavy atom. The number of aliphatic carboxylic acids is 2. The molecular weight excluding hydrogens is 256 g/mol. The van der Waals surface area contributed by atoms with Crippen LogP contribution in [0.1, 0.15) is 26.2 Å². The van der Waals surface area contributed by atoms with Crippen molar-refractivity contribution in [3.63, 3.8) is 0 Å². The quantitative estimate of drug-likeness (QED) is 0.482. The molecule has 110 valence electrons. The number of carbonyl (C=O) groups is 3. The van der Waals surface area contributed by atoms with Gasteiger partial charge in [0.15, 0.2) is 0 Å². The lowest BCUT2D eigenvalue weighted by Gasteiger charge is -2.22. The van der Waals surface area contributed by atoms with Crippen LogP contribution in [0.4, 0.5) is 4.79 Å². The average molecular weight is 276 g/mol. The third-order valence-electron chi connectivity index (χ3n) is 2.36. The Bertz CT molecular complexity index is 331. The standard InChI is InChI=1S/C11H20N2O6/c1-7(14)6-13(2)11(19)12-8(10(17)18)4-3-5-9(15)16/h7-8,14H,3-6H2,1-2H3,(H,12,19)(H,15,16)(H,17,18)/t7?,8-/m1/s1. The summed E-state index contributed by atoms with van der Waals surface area (Å²) in [5.41, 5.74) is 0. The lowest BCUT2D eigenvalue weighted by Crippen LogP contribution is -2.48. The molecule has 0 saturated carbocycles. The van der Waals surface area contributed by atoms with E-state index in [0.29, 0.717) is 0 Å². The minimum Gasteiger partial charge on any atom is -0.481 e. The van der Waals surface area contributed by atoms with Crippen molar-refractivity contribution < 1.29 is 29.7 Å². The van der Waals surface area contributed by atoms with E-state index < -0.39 is 30.1 Å². The summed E-state index contributed by atoms with van der Waals surface area (Å²) in [5.74, 6) is -2.23. The first-order chi connectivity index (χ1) is 8.73. The number of carbonyl (C=O) groups excluding carboxylic acids is 1. The second kappa shape index (κ2) is 8.30. The van der Waals surface area contributed by atoms with Crippen LogP contribution >= 0.6 is 0 Å². The van der Waals surface area contributed by atoms with Crippen LogP contribution in [0.15, 0.2) is 0 Å². The summed E-state index contributed by atoms with van der Waals surface area (Å²) in [6.07, 6.45) is -0.669. The number of amides is 2. The van der Waals surface area contributed by atoms with Crippen LogP contribution in [0, 0.1) is 0 Å². The molecule has 0 radical (unpaired) electrons. The Morgan fingerprint density at radius 3 is 2.26 bits per heavy atom. The number of nitrogens with one attached hydrogen (secondary N) is 1. The largest absolute Gasteiger partial charge is 0.481 e. The predicted octanol–water partition coefficient (Wildman–Crippen LogP) is -0.283. The van der Waals surface area contributed by atoms with Crippen molar-refractivity contribution >= 4 is 18.0 Å². The molecule has 8 heteroatoms. The van der Waals surface area contributed by atoms with E-state index in [4.69, 9.17) is 15.3 Å². The van der Waals surface area contributed by atoms with Crippen molar-refractivity contribution in [2.24, 2.45) is 0 Å². The van der Waals surface area contributed by atoms with Crippen molar-refractivity contribution in [3.05, 3.63) is 0 Å². The van der Waals surface area contributed by atoms with E-state index >= 15 is 0 Å². The zero-order chi connectivity index (χ0) is 15.0. The Kier molecular flexibility index (Phi) is 7.50. The molecule has 1 unspecified atom stereocenters. The molecule has 19 heavy (non-hydrogen) atoms. The van der Waals surface area contributed by atoms with Gasteiger partial charge in [-0.3, -0.25) is 4.79 Å². The van der Waals surface area contributed by atoms with E-state index in [0.717, 1.165) is 4.90 Å². The topological polar surface area (TPSA) is 127 Å². The molecule has 0 rings (SSSR count). The van der Waals surface area contributed by atoms with Gasteiger partial charge in [-0.1, -0.05) is 0 Å². The number of rotatable bonds is 8. The second-order valence-electron chi connectivity index (χ2n) is 4.36. The van der Waals surface area contributed by atoms with Gasteiger partial charge < -0.3 is 25.5 Å². The van der Waals surface area contributed by atoms with Crippen LogP contribution in [-0.4, -0.2) is 63.9 Å². The molecule has 0 saturated heterocycles. The number of likely N-dealkylation sites (N-methyl/N-ethyl adjacent to an activating group) is 1. The van der Waals surface area contributed by atoms with Gasteiger partial charge in [0.2, 0.25) is 0 Å². The molecule has 4 N–H and O–H groups in total. The summed E-state index contributed by atoms with van der Waals surface area (Å²) in [6, 6.07) is -1.76. The molecule has 2 amide bonds. The van der Waals surface area contributed by atoms with E-state index in [2.05, 4.69) is 5.32 Å². The number of carboxylic acids is 2. The maximum atomic E-state index is 11.6. The summed E-state index contributed by atoms with van der Waals surface area (Å²) in [4.78, 5) is 34.0. The Morgan fingerprint density at radius 2 is 1.84 bits per heavy atom. The third-order valence-corrected chi connectivity index (χ3v) is 2.36. The molecule has 8 nitrogen and oxygen atoms in total. The highest BCUT2D eigenvalue weighted by Gasteiger charge is 2.22. The highest BCUT2D eigenvalue weighted by Crippen LogP contribution is 2.03. The van der Waals surface area contributed by atoms with Gasteiger partial charge >= 0.3 is 18.0 Å². The van der Waals surface area contributed by atoms with Crippen LogP contribution in [-0.2, 0) is 9.59 Å². The summed E-state index contributed by atoms with van der Waals surface area (Å²) in [7, 11) is 1.43. The van der Waals surface area contributed by atoms with Crippen LogP contribution in [0.3, 0.4) is 0 Å². The lowest BCUT2D eigenvalue weighted by atomic mass is 10.1. The first-order valence-corrected chi connectivity index (χ1v) is 5.88. The van der Waals surface area contributed by atoms with Gasteiger partial charge in [-0.25, -0.2) is 9.59 Å². The van der Waals surface area contributed by atoms with E-state index in [1.807, 2.05) is 0 Å². The SMILES string of the molecule is CC(O)CN(C)C(=O)N[C@H](CCCC(=O)O)C(=O)O. The molecule has 0 heterocycles. The van der Waals surface area contributed by atoms with Crippen LogP contribution in [0.25, 0.3) is 0 Å². The van der Waals surface area contributed by atoms with Crippen molar-refractivity contribution in [1.82, 2.24) is 10.2 Å². The first kappa shape index (κ1) is 17.2. The minimum absolute atomic E-state index is 0.0376. The number of aliphatic hydroxyl groups excluding tert-OH is 1. The predicted molar refractivity (Wildman–Crippen MR) is 65.8 cm³/mol. The fraction of sp³-hybridized carbons (Fsp3) is 0.727. The molecule has 0 aliphatic carbocycles. The number of hydrogen-bond donors (Lipinski definition) is 4. The van der Waals surface area contributed by atoms with Gasteiger partial charge in [0.25, 0.3) is 0 Å². The van der Waals surface area contributed by atoms with Gasteiger partial charge in [0.05, 0.1) is 6.10 Å². The molecule has 0 spiro atoms. The van der Waals surface area contributed by atoms with Crippen molar-refractivity contribution in [3.8, 4) is 0 Å². The number of hydrogen-bond acceptors (Lipinski definition) is 4. The molecule has 0 fully saturated rings. The number of aliphatic hydroxyl groups is 1. The van der Waals surface area contributed by atoms with E-state index in [1.54, 1.807) is 0 Å². The molecule has 0 bridgehead atoms. The summed E-state index contributed by atoms with van der Waals surface area (Å²) < 4.78 is 0. The van der Waals surface area contributed by atoms with Crippen molar-refractivity contribution in [1.29, 1.82) is 0 Å². The smallest absolute Gasteiger partial charge is 0.326 e. The van der Waals surface area contributed by atoms with Gasteiger partial charge in [0.1, 0.15) is 6.04 Å². The van der Waals surface area contributed by atoms with Gasteiger partial charge in [0, 0.05) is 20.0 Å². The molecular formula is C11H20N2O6. The third kappa shape index (κ3) is 7.98. The maximum Gasteiger partial charge on any atom is 0.326 e. The van der Waals surface area contributed by atoms with E-state index in [1.165, 1.54) is 14.0 Å². The number of nitrogens with zero attached hydrogens (tertiary/aromatic N) is 1.